The largest absolute Gasteiger partial charge is 0.320 e. The van der Waals surface area contributed by atoms with Crippen molar-refractivity contribution in [2.45, 2.75) is 42.9 Å². The first-order valence-electron chi connectivity index (χ1n) is 10.5. The second-order valence-corrected chi connectivity index (χ2v) is 11.0. The molecule has 2 aromatic heterocycles. The third kappa shape index (κ3) is 4.17. The van der Waals surface area contributed by atoms with Crippen molar-refractivity contribution in [1.29, 1.82) is 0 Å². The van der Waals surface area contributed by atoms with E-state index in [1.807, 2.05) is 30.3 Å². The van der Waals surface area contributed by atoms with Crippen LogP contribution in [-0.2, 0) is 21.9 Å². The summed E-state index contributed by atoms with van der Waals surface area (Å²) < 4.78 is 31.0. The molecule has 32 heavy (non-hydrogen) atoms. The lowest BCUT2D eigenvalue weighted by atomic mass is 10.0. The second-order valence-electron chi connectivity index (χ2n) is 7.89. The monoisotopic (exact) mass is 474 g/mol. The Labute approximate surface area is 191 Å². The quantitative estimate of drug-likeness (QED) is 0.594. The molecule has 3 aromatic rings. The molecule has 4 rings (SSSR count). The van der Waals surface area contributed by atoms with Gasteiger partial charge in [0.05, 0.1) is 11.4 Å². The van der Waals surface area contributed by atoms with Gasteiger partial charge in [-0.2, -0.15) is 4.31 Å². The van der Waals surface area contributed by atoms with Crippen LogP contribution in [0, 0.1) is 6.92 Å². The number of thiophene rings is 1. The van der Waals surface area contributed by atoms with Gasteiger partial charge in [0.25, 0.3) is 15.6 Å². The summed E-state index contributed by atoms with van der Waals surface area (Å²) in [5.41, 5.74) is 1.21. The van der Waals surface area contributed by atoms with E-state index in [2.05, 4.69) is 5.32 Å². The predicted molar refractivity (Wildman–Crippen MR) is 125 cm³/mol. The van der Waals surface area contributed by atoms with E-state index >= 15 is 0 Å². The minimum absolute atomic E-state index is 0.00369. The van der Waals surface area contributed by atoms with E-state index in [1.165, 1.54) is 20.3 Å². The van der Waals surface area contributed by atoms with Crippen molar-refractivity contribution in [2.75, 3.05) is 11.9 Å². The first-order chi connectivity index (χ1) is 15.3. The van der Waals surface area contributed by atoms with Crippen LogP contribution in [0.2, 0.25) is 0 Å². The Hall–Kier alpha value is -2.69. The van der Waals surface area contributed by atoms with Gasteiger partial charge in [-0.1, -0.05) is 30.7 Å². The van der Waals surface area contributed by atoms with Crippen LogP contribution in [0.15, 0.2) is 56.8 Å². The van der Waals surface area contributed by atoms with Gasteiger partial charge in [0.2, 0.25) is 5.91 Å². The molecule has 1 aliphatic rings. The van der Waals surface area contributed by atoms with E-state index in [4.69, 9.17) is 0 Å². The van der Waals surface area contributed by atoms with Crippen LogP contribution in [0.1, 0.15) is 31.4 Å². The average Bonchev–Trinajstić information content (AvgIpc) is 3.39. The maximum Gasteiger partial charge on any atom is 0.295 e. The topological polar surface area (TPSA) is 93.4 Å². The molecule has 1 fully saturated rings. The first kappa shape index (κ1) is 22.5. The van der Waals surface area contributed by atoms with Crippen molar-refractivity contribution in [3.63, 3.8) is 0 Å². The Morgan fingerprint density at radius 1 is 1.16 bits per heavy atom. The number of hydrogen-bond donors (Lipinski definition) is 1. The van der Waals surface area contributed by atoms with Gasteiger partial charge in [-0.05, 0) is 43.3 Å². The first-order valence-corrected chi connectivity index (χ1v) is 12.8. The lowest BCUT2D eigenvalue weighted by Crippen LogP contribution is -2.45. The van der Waals surface area contributed by atoms with Crippen molar-refractivity contribution in [3.05, 3.63) is 63.9 Å². The van der Waals surface area contributed by atoms with Gasteiger partial charge in [-0.25, -0.2) is 13.1 Å². The number of hydrogen-bond acceptors (Lipinski definition) is 5. The average molecular weight is 475 g/mol. The van der Waals surface area contributed by atoms with E-state index in [0.29, 0.717) is 24.3 Å². The second kappa shape index (κ2) is 9.05. The van der Waals surface area contributed by atoms with Gasteiger partial charge in [-0.15, -0.1) is 11.3 Å². The van der Waals surface area contributed by atoms with E-state index in [9.17, 15) is 18.0 Å². The number of piperidine rings is 1. The lowest BCUT2D eigenvalue weighted by molar-refractivity contribution is -0.117. The fourth-order valence-corrected chi connectivity index (χ4v) is 6.95. The van der Waals surface area contributed by atoms with E-state index < -0.39 is 16.1 Å². The summed E-state index contributed by atoms with van der Waals surface area (Å²) in [5.74, 6) is -0.366. The molecular weight excluding hydrogens is 448 g/mol. The van der Waals surface area contributed by atoms with Gasteiger partial charge in [0.15, 0.2) is 0 Å². The minimum atomic E-state index is -3.64. The smallest absolute Gasteiger partial charge is 0.295 e. The van der Waals surface area contributed by atoms with Gasteiger partial charge in [-0.3, -0.25) is 14.3 Å². The molecule has 1 N–H and O–H groups in total. The Morgan fingerprint density at radius 3 is 2.59 bits per heavy atom. The van der Waals surface area contributed by atoms with Crippen molar-refractivity contribution in [3.8, 4) is 5.69 Å². The molecule has 0 bridgehead atoms. The molecule has 1 aliphatic heterocycles. The minimum Gasteiger partial charge on any atom is -0.320 e. The predicted octanol–water partition coefficient (Wildman–Crippen LogP) is 3.12. The molecule has 1 aromatic carbocycles. The third-order valence-electron chi connectivity index (χ3n) is 5.87. The molecule has 3 heterocycles. The number of nitrogens with one attached hydrogen (secondary N) is 1. The summed E-state index contributed by atoms with van der Waals surface area (Å²) in [6, 6.07) is 12.1. The van der Waals surface area contributed by atoms with Crippen LogP contribution in [0.25, 0.3) is 5.69 Å². The zero-order valence-corrected chi connectivity index (χ0v) is 19.7. The number of rotatable bonds is 6. The van der Waals surface area contributed by atoms with Gasteiger partial charge < -0.3 is 5.32 Å². The Kier molecular flexibility index (Phi) is 6.36. The number of aromatic nitrogens is 2. The number of anilines is 1. The van der Waals surface area contributed by atoms with Crippen molar-refractivity contribution in [1.82, 2.24) is 13.7 Å². The molecule has 170 valence electrons. The van der Waals surface area contributed by atoms with E-state index in [-0.39, 0.29) is 27.8 Å². The number of benzene rings is 1. The molecule has 1 amide bonds. The van der Waals surface area contributed by atoms with Crippen LogP contribution in [0.4, 0.5) is 5.69 Å². The number of carbonyl (C=O) groups excluding carboxylic acids is 1. The van der Waals surface area contributed by atoms with Gasteiger partial charge in [0, 0.05) is 26.1 Å². The molecule has 0 saturated carbocycles. The fourth-order valence-electron chi connectivity index (χ4n) is 4.14. The number of nitrogens with zero attached hydrogens (tertiary/aromatic N) is 3. The molecular formula is C22H26N4O4S2. The van der Waals surface area contributed by atoms with Crippen molar-refractivity contribution < 1.29 is 13.2 Å². The molecule has 1 atom stereocenters. The molecule has 8 nitrogen and oxygen atoms in total. The zero-order valence-electron chi connectivity index (χ0n) is 18.0. The Balaban J connectivity index is 1.55. The number of carbonyl (C=O) groups is 1. The standard InChI is InChI=1S/C22H26N4O4S2/c1-16-21(22(28)26(24(16)2)17-9-4-3-5-10-17)23-19(27)15-18-11-6-7-13-25(18)32(29,30)20-12-8-14-31-20/h3-5,8-10,12,14,18H,6-7,11,13,15H2,1-2H3,(H,23,27)/t18-/m1/s1. The summed E-state index contributed by atoms with van der Waals surface area (Å²) in [6.45, 7) is 2.16. The molecule has 10 heteroatoms. The van der Waals surface area contributed by atoms with Crippen molar-refractivity contribution >= 4 is 33.0 Å². The van der Waals surface area contributed by atoms with Crippen LogP contribution >= 0.6 is 11.3 Å². The van der Waals surface area contributed by atoms with Crippen LogP contribution in [0.5, 0.6) is 0 Å². The van der Waals surface area contributed by atoms with Gasteiger partial charge >= 0.3 is 0 Å². The molecule has 0 spiro atoms. The SMILES string of the molecule is Cc1c(NC(=O)C[C@H]2CCCCN2S(=O)(=O)c2cccs2)c(=O)n(-c2ccccc2)n1C. The summed E-state index contributed by atoms with van der Waals surface area (Å²) >= 11 is 1.18. The zero-order chi connectivity index (χ0) is 22.9. The third-order valence-corrected chi connectivity index (χ3v) is 9.20. The fraction of sp³-hybridized carbons (Fsp3) is 0.364. The number of para-hydroxylation sites is 1. The Bertz CT molecular complexity index is 1260. The number of amides is 1. The van der Waals surface area contributed by atoms with Gasteiger partial charge in [0.1, 0.15) is 9.90 Å². The van der Waals surface area contributed by atoms with E-state index in [1.54, 1.807) is 36.2 Å². The molecule has 0 unspecified atom stereocenters. The highest BCUT2D eigenvalue weighted by atomic mass is 32.2. The van der Waals surface area contributed by atoms with Crippen LogP contribution < -0.4 is 10.9 Å². The summed E-state index contributed by atoms with van der Waals surface area (Å²) in [7, 11) is -1.88. The summed E-state index contributed by atoms with van der Waals surface area (Å²) in [5, 5.41) is 4.48. The summed E-state index contributed by atoms with van der Waals surface area (Å²) in [4.78, 5) is 26.0. The van der Waals surface area contributed by atoms with E-state index in [0.717, 1.165) is 12.8 Å². The maximum atomic E-state index is 13.1. The Morgan fingerprint density at radius 2 is 1.91 bits per heavy atom. The summed E-state index contributed by atoms with van der Waals surface area (Å²) in [6.07, 6.45) is 2.24. The highest BCUT2D eigenvalue weighted by Gasteiger charge is 2.35. The highest BCUT2D eigenvalue weighted by molar-refractivity contribution is 7.91. The van der Waals surface area contributed by atoms with Crippen molar-refractivity contribution in [2.24, 2.45) is 7.05 Å². The van der Waals surface area contributed by atoms with Crippen LogP contribution in [-0.4, -0.2) is 40.6 Å². The molecule has 1 saturated heterocycles. The molecule has 0 aliphatic carbocycles. The van der Waals surface area contributed by atoms with Crippen LogP contribution in [0.3, 0.4) is 0 Å². The maximum absolute atomic E-state index is 13.1. The number of sulfonamides is 1. The lowest BCUT2D eigenvalue weighted by Gasteiger charge is -2.33. The molecule has 0 radical (unpaired) electrons. The normalized spacial score (nSPS) is 17.4. The highest BCUT2D eigenvalue weighted by Crippen LogP contribution is 2.29.